The van der Waals surface area contributed by atoms with Crippen molar-refractivity contribution >= 4 is 23.4 Å². The van der Waals surface area contributed by atoms with E-state index >= 15 is 0 Å². The third kappa shape index (κ3) is 2.19. The number of rotatable bonds is 3. The molecule has 0 aliphatic heterocycles. The molecule has 1 heterocycles. The molecule has 0 unspecified atom stereocenters. The van der Waals surface area contributed by atoms with Gasteiger partial charge in [0.1, 0.15) is 0 Å². The van der Waals surface area contributed by atoms with E-state index in [0.29, 0.717) is 5.88 Å². The molecule has 2 aromatic rings. The van der Waals surface area contributed by atoms with Gasteiger partial charge in [0.15, 0.2) is 5.76 Å². The highest BCUT2D eigenvalue weighted by molar-refractivity contribution is 7.98. The molecule has 0 spiro atoms. The molecule has 78 valence electrons. The molecular weight excluding hydrogens is 230 g/mol. The average molecular weight is 240 g/mol. The highest BCUT2D eigenvalue weighted by Gasteiger charge is 2.09. The van der Waals surface area contributed by atoms with Crippen molar-refractivity contribution in [3.05, 3.63) is 36.0 Å². The van der Waals surface area contributed by atoms with Crippen LogP contribution in [0, 0.1) is 0 Å². The summed E-state index contributed by atoms with van der Waals surface area (Å²) in [7, 11) is 0. The fraction of sp³-hybridized carbons (Fsp3) is 0.182. The van der Waals surface area contributed by atoms with Crippen LogP contribution in [0.15, 0.2) is 39.9 Å². The smallest absolute Gasteiger partial charge is 0.171 e. The molecule has 0 saturated heterocycles. The predicted octanol–water partition coefficient (Wildman–Crippen LogP) is 3.80. The third-order valence-corrected chi connectivity index (χ3v) is 3.17. The zero-order valence-corrected chi connectivity index (χ0v) is 9.81. The summed E-state index contributed by atoms with van der Waals surface area (Å²) in [5, 5.41) is 3.75. The first-order chi connectivity index (χ1) is 7.35. The summed E-state index contributed by atoms with van der Waals surface area (Å²) in [4.78, 5) is 1.23. The molecule has 2 rings (SSSR count). The number of aromatic nitrogens is 1. The van der Waals surface area contributed by atoms with Crippen LogP contribution in [-0.2, 0) is 5.88 Å². The normalized spacial score (nSPS) is 10.5. The standard InChI is InChI=1S/C11H10ClNOS/c1-15-10-4-2-8(3-5-10)11-9(6-12)7-13-14-11/h2-5,7H,6H2,1H3. The summed E-state index contributed by atoms with van der Waals surface area (Å²) in [6.07, 6.45) is 3.71. The van der Waals surface area contributed by atoms with Crippen molar-refractivity contribution in [3.8, 4) is 11.3 Å². The molecule has 15 heavy (non-hydrogen) atoms. The molecule has 0 atom stereocenters. The van der Waals surface area contributed by atoms with Crippen molar-refractivity contribution in [2.75, 3.05) is 6.26 Å². The van der Waals surface area contributed by atoms with Gasteiger partial charge in [-0.3, -0.25) is 0 Å². The molecule has 0 fully saturated rings. The van der Waals surface area contributed by atoms with Crippen LogP contribution in [0.4, 0.5) is 0 Å². The lowest BCUT2D eigenvalue weighted by Crippen LogP contribution is -1.80. The Bertz CT molecular complexity index is 438. The molecular formula is C11H10ClNOS. The number of hydrogen-bond donors (Lipinski definition) is 0. The van der Waals surface area contributed by atoms with Crippen molar-refractivity contribution in [2.45, 2.75) is 10.8 Å². The summed E-state index contributed by atoms with van der Waals surface area (Å²) in [5.74, 6) is 1.18. The van der Waals surface area contributed by atoms with Crippen molar-refractivity contribution in [1.29, 1.82) is 0 Å². The van der Waals surface area contributed by atoms with E-state index in [0.717, 1.165) is 16.9 Å². The van der Waals surface area contributed by atoms with Crippen LogP contribution in [0.25, 0.3) is 11.3 Å². The van der Waals surface area contributed by atoms with E-state index < -0.39 is 0 Å². The maximum atomic E-state index is 5.78. The van der Waals surface area contributed by atoms with Crippen LogP contribution >= 0.6 is 23.4 Å². The number of benzene rings is 1. The molecule has 4 heteroatoms. The van der Waals surface area contributed by atoms with Crippen LogP contribution in [0.5, 0.6) is 0 Å². The van der Waals surface area contributed by atoms with Crippen molar-refractivity contribution in [2.24, 2.45) is 0 Å². The molecule has 1 aromatic heterocycles. The summed E-state index contributed by atoms with van der Waals surface area (Å²) >= 11 is 7.49. The zero-order chi connectivity index (χ0) is 10.7. The van der Waals surface area contributed by atoms with Gasteiger partial charge in [-0.25, -0.2) is 0 Å². The number of thioether (sulfide) groups is 1. The Hall–Kier alpha value is -0.930. The average Bonchev–Trinajstić information content (AvgIpc) is 2.77. The van der Waals surface area contributed by atoms with E-state index in [1.807, 2.05) is 18.4 Å². The van der Waals surface area contributed by atoms with E-state index in [9.17, 15) is 0 Å². The Kier molecular flexibility index (Phi) is 3.34. The zero-order valence-electron chi connectivity index (χ0n) is 8.24. The van der Waals surface area contributed by atoms with Crippen LogP contribution in [0.2, 0.25) is 0 Å². The van der Waals surface area contributed by atoms with Gasteiger partial charge in [0.05, 0.1) is 12.1 Å². The van der Waals surface area contributed by atoms with Crippen LogP contribution in [0.3, 0.4) is 0 Å². The minimum absolute atomic E-state index is 0.420. The Morgan fingerprint density at radius 3 is 2.67 bits per heavy atom. The highest BCUT2D eigenvalue weighted by Crippen LogP contribution is 2.26. The molecule has 1 aromatic carbocycles. The fourth-order valence-corrected chi connectivity index (χ4v) is 1.93. The lowest BCUT2D eigenvalue weighted by molar-refractivity contribution is 0.432. The van der Waals surface area contributed by atoms with Crippen LogP contribution in [0.1, 0.15) is 5.56 Å². The predicted molar refractivity (Wildman–Crippen MR) is 63.3 cm³/mol. The van der Waals surface area contributed by atoms with Crippen molar-refractivity contribution < 1.29 is 4.52 Å². The number of halogens is 1. The Morgan fingerprint density at radius 2 is 2.07 bits per heavy atom. The fourth-order valence-electron chi connectivity index (χ4n) is 1.34. The van der Waals surface area contributed by atoms with Crippen molar-refractivity contribution in [1.82, 2.24) is 5.16 Å². The molecule has 0 radical (unpaired) electrons. The highest BCUT2D eigenvalue weighted by atomic mass is 35.5. The Labute approximate surface area is 97.6 Å². The van der Waals surface area contributed by atoms with Gasteiger partial charge in [-0.05, 0) is 18.4 Å². The van der Waals surface area contributed by atoms with E-state index in [4.69, 9.17) is 16.1 Å². The van der Waals surface area contributed by atoms with Gasteiger partial charge in [-0.1, -0.05) is 17.3 Å². The van der Waals surface area contributed by atoms with E-state index in [1.165, 1.54) is 4.90 Å². The third-order valence-electron chi connectivity index (χ3n) is 2.14. The molecule has 0 saturated carbocycles. The lowest BCUT2D eigenvalue weighted by Gasteiger charge is -1.99. The SMILES string of the molecule is CSc1ccc(-c2oncc2CCl)cc1. The lowest BCUT2D eigenvalue weighted by atomic mass is 10.1. The topological polar surface area (TPSA) is 26.0 Å². The minimum Gasteiger partial charge on any atom is -0.356 e. The summed E-state index contributed by atoms with van der Waals surface area (Å²) < 4.78 is 5.17. The van der Waals surface area contributed by atoms with Crippen LogP contribution < -0.4 is 0 Å². The molecule has 0 bridgehead atoms. The molecule has 0 amide bonds. The van der Waals surface area contributed by atoms with E-state index in [2.05, 4.69) is 17.3 Å². The van der Waals surface area contributed by atoms with Gasteiger partial charge in [0.25, 0.3) is 0 Å². The van der Waals surface area contributed by atoms with E-state index in [-0.39, 0.29) is 0 Å². The minimum atomic E-state index is 0.420. The maximum Gasteiger partial charge on any atom is 0.171 e. The molecule has 0 aliphatic carbocycles. The van der Waals surface area contributed by atoms with Gasteiger partial charge in [-0.2, -0.15) is 0 Å². The van der Waals surface area contributed by atoms with Crippen molar-refractivity contribution in [3.63, 3.8) is 0 Å². The number of alkyl halides is 1. The first-order valence-corrected chi connectivity index (χ1v) is 6.25. The van der Waals surface area contributed by atoms with Crippen LogP contribution in [-0.4, -0.2) is 11.4 Å². The second kappa shape index (κ2) is 4.73. The second-order valence-electron chi connectivity index (χ2n) is 3.04. The van der Waals surface area contributed by atoms with Gasteiger partial charge in [0.2, 0.25) is 0 Å². The van der Waals surface area contributed by atoms with Gasteiger partial charge < -0.3 is 4.52 Å². The summed E-state index contributed by atoms with van der Waals surface area (Å²) in [6.45, 7) is 0. The largest absolute Gasteiger partial charge is 0.356 e. The number of hydrogen-bond acceptors (Lipinski definition) is 3. The maximum absolute atomic E-state index is 5.78. The molecule has 0 N–H and O–H groups in total. The molecule has 2 nitrogen and oxygen atoms in total. The quantitative estimate of drug-likeness (QED) is 0.602. The van der Waals surface area contributed by atoms with Gasteiger partial charge in [0, 0.05) is 16.0 Å². The Morgan fingerprint density at radius 1 is 1.33 bits per heavy atom. The van der Waals surface area contributed by atoms with Gasteiger partial charge >= 0.3 is 0 Å². The first kappa shape index (κ1) is 10.6. The summed E-state index contributed by atoms with van der Waals surface area (Å²) in [6, 6.07) is 8.14. The first-order valence-electron chi connectivity index (χ1n) is 4.49. The van der Waals surface area contributed by atoms with E-state index in [1.54, 1.807) is 18.0 Å². The molecule has 0 aliphatic rings. The monoisotopic (exact) mass is 239 g/mol. The number of nitrogens with zero attached hydrogens (tertiary/aromatic N) is 1. The van der Waals surface area contributed by atoms with Gasteiger partial charge in [-0.15, -0.1) is 23.4 Å². The second-order valence-corrected chi connectivity index (χ2v) is 4.19. The summed E-state index contributed by atoms with van der Waals surface area (Å²) in [5.41, 5.74) is 1.94. The Balaban J connectivity index is 2.37.